The lowest BCUT2D eigenvalue weighted by Gasteiger charge is -2.09. The first-order chi connectivity index (χ1) is 8.95. The quantitative estimate of drug-likeness (QED) is 0.910. The molecule has 0 spiro atoms. The molecule has 0 unspecified atom stereocenters. The number of hydrogen-bond donors (Lipinski definition) is 1. The monoisotopic (exact) mass is 280 g/mol. The Hall–Kier alpha value is -1.33. The predicted molar refractivity (Wildman–Crippen MR) is 78.8 cm³/mol. The third kappa shape index (κ3) is 2.82. The van der Waals surface area contributed by atoms with E-state index in [-0.39, 0.29) is 11.0 Å². The van der Waals surface area contributed by atoms with Crippen molar-refractivity contribution in [2.24, 2.45) is 5.73 Å². The molecule has 0 saturated carbocycles. The van der Waals surface area contributed by atoms with Crippen LogP contribution in [0.1, 0.15) is 19.4 Å². The average Bonchev–Trinajstić information content (AvgIpc) is 2.79. The molecule has 1 aromatic carbocycles. The molecule has 0 bridgehead atoms. The molecular weight excluding hydrogens is 260 g/mol. The summed E-state index contributed by atoms with van der Waals surface area (Å²) < 4.78 is 25.7. The Morgan fingerprint density at radius 2 is 2.00 bits per heavy atom. The third-order valence-corrected chi connectivity index (χ3v) is 5.65. The number of aromatic nitrogens is 1. The van der Waals surface area contributed by atoms with Gasteiger partial charge in [0.2, 0.25) is 0 Å². The fraction of sp³-hybridized carbons (Fsp3) is 0.429. The Morgan fingerprint density at radius 3 is 2.63 bits per heavy atom. The van der Waals surface area contributed by atoms with E-state index < -0.39 is 9.84 Å². The van der Waals surface area contributed by atoms with Crippen molar-refractivity contribution >= 4 is 20.7 Å². The standard InChI is InChI=1S/C14H20N2O2S/c1-11(2)19(17,18)9-8-16-7-6-13-12(10-15)4-3-5-14(13)16/h3-7,11H,8-10,15H2,1-2H3. The smallest absolute Gasteiger partial charge is 0.154 e. The minimum Gasteiger partial charge on any atom is -0.346 e. The third-order valence-electron chi connectivity index (χ3n) is 3.46. The summed E-state index contributed by atoms with van der Waals surface area (Å²) in [6, 6.07) is 7.95. The second-order valence-electron chi connectivity index (χ2n) is 4.98. The van der Waals surface area contributed by atoms with Gasteiger partial charge in [-0.3, -0.25) is 0 Å². The van der Waals surface area contributed by atoms with Crippen molar-refractivity contribution in [1.29, 1.82) is 0 Å². The molecule has 0 aliphatic carbocycles. The number of sulfone groups is 1. The van der Waals surface area contributed by atoms with Gasteiger partial charge in [-0.2, -0.15) is 0 Å². The second kappa shape index (κ2) is 5.35. The van der Waals surface area contributed by atoms with Gasteiger partial charge in [0.1, 0.15) is 0 Å². The molecule has 5 heteroatoms. The first-order valence-electron chi connectivity index (χ1n) is 6.44. The Balaban J connectivity index is 2.28. The van der Waals surface area contributed by atoms with Crippen LogP contribution in [0.15, 0.2) is 30.5 Å². The number of fused-ring (bicyclic) bond motifs is 1. The van der Waals surface area contributed by atoms with Crippen molar-refractivity contribution in [1.82, 2.24) is 4.57 Å². The van der Waals surface area contributed by atoms with Gasteiger partial charge < -0.3 is 10.3 Å². The largest absolute Gasteiger partial charge is 0.346 e. The van der Waals surface area contributed by atoms with Crippen LogP contribution < -0.4 is 5.73 Å². The molecule has 0 aliphatic heterocycles. The number of benzene rings is 1. The highest BCUT2D eigenvalue weighted by atomic mass is 32.2. The van der Waals surface area contributed by atoms with E-state index in [1.807, 2.05) is 35.0 Å². The predicted octanol–water partition coefficient (Wildman–Crippen LogP) is 1.92. The van der Waals surface area contributed by atoms with E-state index in [4.69, 9.17) is 5.73 Å². The summed E-state index contributed by atoms with van der Waals surface area (Å²) in [5.41, 5.74) is 7.83. The maximum atomic E-state index is 11.9. The van der Waals surface area contributed by atoms with Gasteiger partial charge in [-0.25, -0.2) is 8.42 Å². The molecule has 2 aromatic rings. The summed E-state index contributed by atoms with van der Waals surface area (Å²) in [6.45, 7) is 4.41. The molecular formula is C14H20N2O2S. The Labute approximate surface area is 114 Å². The van der Waals surface area contributed by atoms with E-state index in [9.17, 15) is 8.42 Å². The van der Waals surface area contributed by atoms with Crippen LogP contribution in [0.3, 0.4) is 0 Å². The molecule has 1 aromatic heterocycles. The zero-order valence-electron chi connectivity index (χ0n) is 11.3. The van der Waals surface area contributed by atoms with E-state index >= 15 is 0 Å². The number of hydrogen-bond acceptors (Lipinski definition) is 3. The van der Waals surface area contributed by atoms with Crippen LogP contribution in [-0.2, 0) is 22.9 Å². The van der Waals surface area contributed by atoms with Crippen LogP contribution in [0.25, 0.3) is 10.9 Å². The van der Waals surface area contributed by atoms with Crippen molar-refractivity contribution in [2.45, 2.75) is 32.2 Å². The number of nitrogens with zero attached hydrogens (tertiary/aromatic N) is 1. The highest BCUT2D eigenvalue weighted by molar-refractivity contribution is 7.91. The van der Waals surface area contributed by atoms with Gasteiger partial charge >= 0.3 is 0 Å². The van der Waals surface area contributed by atoms with Crippen molar-refractivity contribution in [3.8, 4) is 0 Å². The van der Waals surface area contributed by atoms with Gasteiger partial charge in [0, 0.05) is 30.2 Å². The van der Waals surface area contributed by atoms with Crippen molar-refractivity contribution in [3.05, 3.63) is 36.0 Å². The van der Waals surface area contributed by atoms with E-state index in [1.165, 1.54) is 0 Å². The summed E-state index contributed by atoms with van der Waals surface area (Å²) >= 11 is 0. The molecule has 0 aliphatic rings. The minimum atomic E-state index is -3.00. The van der Waals surface area contributed by atoms with Gasteiger partial charge in [-0.1, -0.05) is 12.1 Å². The first-order valence-corrected chi connectivity index (χ1v) is 8.15. The zero-order valence-corrected chi connectivity index (χ0v) is 12.2. The van der Waals surface area contributed by atoms with Crippen LogP contribution in [-0.4, -0.2) is 24.0 Å². The Bertz CT molecular complexity index is 672. The topological polar surface area (TPSA) is 65.1 Å². The molecule has 19 heavy (non-hydrogen) atoms. The Morgan fingerprint density at radius 1 is 1.26 bits per heavy atom. The second-order valence-corrected chi connectivity index (χ2v) is 7.66. The maximum Gasteiger partial charge on any atom is 0.154 e. The maximum absolute atomic E-state index is 11.9. The summed E-state index contributed by atoms with van der Waals surface area (Å²) in [7, 11) is -3.00. The molecule has 4 nitrogen and oxygen atoms in total. The first kappa shape index (κ1) is 14.1. The van der Waals surface area contributed by atoms with E-state index in [2.05, 4.69) is 0 Å². The van der Waals surface area contributed by atoms with Crippen molar-refractivity contribution in [2.75, 3.05) is 5.75 Å². The molecule has 0 saturated heterocycles. The molecule has 0 radical (unpaired) electrons. The lowest BCUT2D eigenvalue weighted by molar-refractivity contribution is 0.581. The minimum absolute atomic E-state index is 0.168. The highest BCUT2D eigenvalue weighted by Gasteiger charge is 2.16. The number of aryl methyl sites for hydroxylation is 1. The summed E-state index contributed by atoms with van der Waals surface area (Å²) in [4.78, 5) is 0. The summed E-state index contributed by atoms with van der Waals surface area (Å²) in [6.07, 6.45) is 1.93. The average molecular weight is 280 g/mol. The van der Waals surface area contributed by atoms with Crippen LogP contribution in [0.4, 0.5) is 0 Å². The fourth-order valence-electron chi connectivity index (χ4n) is 2.12. The van der Waals surface area contributed by atoms with Crippen molar-refractivity contribution < 1.29 is 8.42 Å². The zero-order chi connectivity index (χ0) is 14.0. The summed E-state index contributed by atoms with van der Waals surface area (Å²) in [5.74, 6) is 0.168. The lowest BCUT2D eigenvalue weighted by Crippen LogP contribution is -2.20. The molecule has 2 rings (SSSR count). The van der Waals surface area contributed by atoms with Crippen LogP contribution in [0, 0.1) is 0 Å². The van der Waals surface area contributed by atoms with Gasteiger partial charge in [-0.15, -0.1) is 0 Å². The van der Waals surface area contributed by atoms with E-state index in [1.54, 1.807) is 13.8 Å². The molecule has 0 amide bonds. The molecule has 0 fully saturated rings. The van der Waals surface area contributed by atoms with E-state index in [0.717, 1.165) is 16.5 Å². The van der Waals surface area contributed by atoms with Crippen LogP contribution in [0.2, 0.25) is 0 Å². The SMILES string of the molecule is CC(C)S(=O)(=O)CCn1ccc2c(CN)cccc21. The van der Waals surface area contributed by atoms with Crippen molar-refractivity contribution in [3.63, 3.8) is 0 Å². The molecule has 0 atom stereocenters. The normalized spacial score (nSPS) is 12.4. The van der Waals surface area contributed by atoms with Gasteiger partial charge in [0.05, 0.1) is 11.0 Å². The van der Waals surface area contributed by atoms with Crippen LogP contribution in [0.5, 0.6) is 0 Å². The number of rotatable bonds is 5. The highest BCUT2D eigenvalue weighted by Crippen LogP contribution is 2.20. The van der Waals surface area contributed by atoms with Gasteiger partial charge in [0.15, 0.2) is 9.84 Å². The van der Waals surface area contributed by atoms with Gasteiger partial charge in [-0.05, 0) is 31.5 Å². The molecule has 1 heterocycles. The van der Waals surface area contributed by atoms with Gasteiger partial charge in [0.25, 0.3) is 0 Å². The number of nitrogens with two attached hydrogens (primary N) is 1. The molecule has 104 valence electrons. The summed E-state index contributed by atoms with van der Waals surface area (Å²) in [5, 5.41) is 0.779. The molecule has 2 N–H and O–H groups in total. The van der Waals surface area contributed by atoms with Crippen LogP contribution >= 0.6 is 0 Å². The fourth-order valence-corrected chi connectivity index (χ4v) is 3.04. The Kier molecular flexibility index (Phi) is 3.96. The van der Waals surface area contributed by atoms with E-state index in [0.29, 0.717) is 13.1 Å². The lowest BCUT2D eigenvalue weighted by atomic mass is 10.1.